The molecule has 0 N–H and O–H groups in total. The fourth-order valence-corrected chi connectivity index (χ4v) is 14.4. The van der Waals surface area contributed by atoms with Gasteiger partial charge in [-0.3, -0.25) is 0 Å². The van der Waals surface area contributed by atoms with Crippen LogP contribution in [0.2, 0.25) is 0 Å². The average molecular weight is 1260 g/mol. The Labute approximate surface area is 577 Å². The van der Waals surface area contributed by atoms with Crippen LogP contribution in [0.4, 0.5) is 0 Å². The summed E-state index contributed by atoms with van der Waals surface area (Å²) in [6, 6.07) is 115. The molecule has 1 aliphatic rings. The van der Waals surface area contributed by atoms with Gasteiger partial charge in [-0.15, -0.1) is 0 Å². The third kappa shape index (κ3) is 12.6. The minimum absolute atomic E-state index is 0.361. The van der Waals surface area contributed by atoms with Crippen LogP contribution in [0, 0.1) is 34.6 Å². The lowest BCUT2D eigenvalue weighted by Gasteiger charge is -2.32. The highest BCUT2D eigenvalue weighted by atomic mass is 16.7. The Hall–Kier alpha value is -10.9. The van der Waals surface area contributed by atoms with Gasteiger partial charge in [-0.1, -0.05) is 301 Å². The van der Waals surface area contributed by atoms with E-state index >= 15 is 0 Å². The summed E-state index contributed by atoms with van der Waals surface area (Å²) in [5.41, 5.74) is 23.8. The van der Waals surface area contributed by atoms with Crippen molar-refractivity contribution in [2.24, 2.45) is 0 Å². The Morgan fingerprint density at radius 3 is 0.673 bits per heavy atom. The van der Waals surface area contributed by atoms with Crippen molar-refractivity contribution >= 4 is 77.2 Å². The van der Waals surface area contributed by atoms with Gasteiger partial charge >= 0.3 is 7.12 Å². The van der Waals surface area contributed by atoms with Crippen LogP contribution in [-0.2, 0) is 9.31 Å². The number of hydrogen-bond acceptors (Lipinski definition) is 2. The van der Waals surface area contributed by atoms with Crippen LogP contribution in [0.5, 0.6) is 0 Å². The molecular weight excluding hydrogens is 1180 g/mol. The number of fused-ring (bicyclic) bond motifs is 12. The molecule has 1 aliphatic heterocycles. The van der Waals surface area contributed by atoms with E-state index in [1.165, 1.54) is 170 Å². The van der Waals surface area contributed by atoms with Crippen molar-refractivity contribution < 1.29 is 9.31 Å². The van der Waals surface area contributed by atoms with Crippen LogP contribution < -0.4 is 5.46 Å². The van der Waals surface area contributed by atoms with Crippen LogP contribution in [0.15, 0.2) is 315 Å². The summed E-state index contributed by atoms with van der Waals surface area (Å²) in [7, 11) is -0.381. The van der Waals surface area contributed by atoms with Crippen molar-refractivity contribution in [3.63, 3.8) is 0 Å². The molecule has 0 amide bonds. The highest BCUT2D eigenvalue weighted by molar-refractivity contribution is 6.62. The Morgan fingerprint density at radius 2 is 0.388 bits per heavy atom. The summed E-state index contributed by atoms with van der Waals surface area (Å²) in [6.45, 7) is 19.1. The molecule has 0 saturated carbocycles. The third-order valence-corrected chi connectivity index (χ3v) is 20.2. The van der Waals surface area contributed by atoms with E-state index in [4.69, 9.17) is 9.31 Å². The van der Waals surface area contributed by atoms with Crippen LogP contribution >= 0.6 is 0 Å². The molecular formula is C95H79BO2. The molecule has 98 heavy (non-hydrogen) atoms. The second-order valence-corrected chi connectivity index (χ2v) is 27.9. The zero-order chi connectivity index (χ0) is 67.2. The van der Waals surface area contributed by atoms with E-state index in [-0.39, 0.29) is 18.3 Å². The van der Waals surface area contributed by atoms with Crippen LogP contribution in [0.3, 0.4) is 0 Å². The zero-order valence-electron chi connectivity index (χ0n) is 57.4. The monoisotopic (exact) mass is 1260 g/mol. The molecule has 0 atom stereocenters. The normalized spacial score (nSPS) is 13.2. The molecule has 0 radical (unpaired) electrons. The first kappa shape index (κ1) is 63.1. The third-order valence-electron chi connectivity index (χ3n) is 20.2. The lowest BCUT2D eigenvalue weighted by molar-refractivity contribution is 0.00578. The van der Waals surface area contributed by atoms with E-state index in [0.29, 0.717) is 0 Å². The quantitative estimate of drug-likeness (QED) is 0.112. The lowest BCUT2D eigenvalue weighted by atomic mass is 9.76. The van der Waals surface area contributed by atoms with Crippen LogP contribution in [-0.4, -0.2) is 18.3 Å². The predicted molar refractivity (Wildman–Crippen MR) is 422 cm³/mol. The molecule has 1 saturated heterocycles. The lowest BCUT2D eigenvalue weighted by Crippen LogP contribution is -2.41. The van der Waals surface area contributed by atoms with Gasteiger partial charge in [0, 0.05) is 0 Å². The summed E-state index contributed by atoms with van der Waals surface area (Å²) in [6.07, 6.45) is 0. The highest BCUT2D eigenvalue weighted by Gasteiger charge is 2.52. The van der Waals surface area contributed by atoms with Gasteiger partial charge < -0.3 is 9.31 Å². The summed E-state index contributed by atoms with van der Waals surface area (Å²) in [5, 5.41) is 15.8. The summed E-state index contributed by atoms with van der Waals surface area (Å²) >= 11 is 0. The van der Waals surface area contributed by atoms with Crippen molar-refractivity contribution in [2.45, 2.75) is 73.5 Å². The summed E-state index contributed by atoms with van der Waals surface area (Å²) in [5.74, 6) is 0. The molecule has 0 unspecified atom stereocenters. The number of hydrogen-bond donors (Lipinski definition) is 0. The van der Waals surface area contributed by atoms with Crippen molar-refractivity contribution in [2.75, 3.05) is 0 Å². The first-order valence-electron chi connectivity index (χ1n) is 34.3. The minimum Gasteiger partial charge on any atom is -0.399 e. The second-order valence-electron chi connectivity index (χ2n) is 27.9. The van der Waals surface area contributed by atoms with E-state index < -0.39 is 0 Å². The number of benzene rings is 16. The van der Waals surface area contributed by atoms with Gasteiger partial charge in [-0.25, -0.2) is 0 Å². The van der Waals surface area contributed by atoms with Gasteiger partial charge in [-0.05, 0) is 253 Å². The van der Waals surface area contributed by atoms with Gasteiger partial charge in [0.05, 0.1) is 11.2 Å². The minimum atomic E-state index is -0.381. The molecule has 17 rings (SSSR count). The Balaban J connectivity index is 0.000000126. The van der Waals surface area contributed by atoms with E-state index in [1.807, 2.05) is 0 Å². The first-order valence-corrected chi connectivity index (χ1v) is 34.3. The molecule has 16 aromatic carbocycles. The second kappa shape index (κ2) is 26.2. The molecule has 474 valence electrons. The standard InChI is InChI=1S/C44H32.C26H29BO2.C25H18/c1-29-10-7-12-31(22-29)36-25-37(32-13-8-11-30(2)23-32)27-38(26-36)34-15-9-14-33(24-34)35-20-21-43-41-18-4-3-16-39(41)40-17-5-6-19-42(40)44(43)28-35;1-18-9-7-11-20(13-18)22-15-23(21-12-8-10-19(2)14-21)17-24(16-22)27-28-25(3,4)26(5,6)29-27;1-17-7-6-8-18(15-17)19-13-14-24-22-11-3-2-9-20(22)21-10-4-5-12-23(21)25(24)16-19/h3-28H,1-2H3;7-17H,1-6H3;2-16H,1H3. The van der Waals surface area contributed by atoms with Crippen LogP contribution in [0.1, 0.15) is 55.5 Å². The SMILES string of the molecule is Cc1cccc(-c2cc(-c3cccc(C)c3)cc(-c3cccc(-c4ccc5c6ccccc6c6ccccc6c5c4)c3)c2)c1.Cc1cccc(-c2cc(B3OC(C)(C)C(C)(C)O3)cc(-c3cccc(C)c3)c2)c1.Cc1cccc(-c2ccc3c4ccccc4c4ccccc4c3c2)c1. The van der Waals surface area contributed by atoms with E-state index in [2.05, 4.69) is 378 Å². The molecule has 0 aliphatic carbocycles. The molecule has 16 aromatic rings. The summed E-state index contributed by atoms with van der Waals surface area (Å²) in [4.78, 5) is 0. The van der Waals surface area contributed by atoms with E-state index in [9.17, 15) is 0 Å². The average Bonchev–Trinajstić information content (AvgIpc) is 0.924. The van der Waals surface area contributed by atoms with Gasteiger partial charge in [-0.2, -0.15) is 0 Å². The topological polar surface area (TPSA) is 18.5 Å². The van der Waals surface area contributed by atoms with Gasteiger partial charge in [0.25, 0.3) is 0 Å². The van der Waals surface area contributed by atoms with Gasteiger partial charge in [0.2, 0.25) is 0 Å². The molecule has 2 nitrogen and oxygen atoms in total. The number of aryl methyl sites for hydroxylation is 5. The van der Waals surface area contributed by atoms with Crippen molar-refractivity contribution in [1.29, 1.82) is 0 Å². The Bertz CT molecular complexity index is 5520. The highest BCUT2D eigenvalue weighted by Crippen LogP contribution is 2.42. The largest absolute Gasteiger partial charge is 0.494 e. The van der Waals surface area contributed by atoms with Gasteiger partial charge in [0.1, 0.15) is 0 Å². The molecule has 0 bridgehead atoms. The molecule has 1 fully saturated rings. The molecule has 3 heteroatoms. The predicted octanol–water partition coefficient (Wildman–Crippen LogP) is 25.5. The number of rotatable bonds is 8. The fraction of sp³-hybridized carbons (Fsp3) is 0.116. The molecule has 1 heterocycles. The maximum atomic E-state index is 6.36. The maximum absolute atomic E-state index is 6.36. The summed E-state index contributed by atoms with van der Waals surface area (Å²) < 4.78 is 12.7. The van der Waals surface area contributed by atoms with Crippen molar-refractivity contribution in [1.82, 2.24) is 0 Å². The van der Waals surface area contributed by atoms with Crippen molar-refractivity contribution in [3.05, 3.63) is 343 Å². The molecule has 0 spiro atoms. The van der Waals surface area contributed by atoms with Crippen LogP contribution in [0.25, 0.3) is 143 Å². The van der Waals surface area contributed by atoms with Crippen molar-refractivity contribution in [3.8, 4) is 77.9 Å². The smallest absolute Gasteiger partial charge is 0.399 e. The molecule has 0 aromatic heterocycles. The van der Waals surface area contributed by atoms with Gasteiger partial charge in [0.15, 0.2) is 0 Å². The fourth-order valence-electron chi connectivity index (χ4n) is 14.4. The zero-order valence-corrected chi connectivity index (χ0v) is 57.4. The Morgan fingerprint density at radius 1 is 0.184 bits per heavy atom. The van der Waals surface area contributed by atoms with E-state index in [1.54, 1.807) is 0 Å². The Kier molecular flexibility index (Phi) is 16.9. The maximum Gasteiger partial charge on any atom is 0.494 e. The first-order chi connectivity index (χ1) is 47.6. The van der Waals surface area contributed by atoms with E-state index in [0.717, 1.165) is 5.46 Å².